The minimum atomic E-state index is 0. The first-order valence-corrected chi connectivity index (χ1v) is 0. The number of hydrogen-bond acceptors (Lipinski definition) is 0. The summed E-state index contributed by atoms with van der Waals surface area (Å²) in [7, 11) is 0. The zero-order valence-corrected chi connectivity index (χ0v) is 8.24. The first-order valence-electron chi connectivity index (χ1n) is 0. The van der Waals surface area contributed by atoms with Gasteiger partial charge in [-0.15, -0.1) is 0 Å². The fourth-order valence-corrected chi connectivity index (χ4v) is 0. The summed E-state index contributed by atoms with van der Waals surface area (Å²) in [6.07, 6.45) is 0. The van der Waals surface area contributed by atoms with E-state index in [4.69, 9.17) is 0 Å². The molecule has 0 saturated heterocycles. The molecule has 0 nitrogen and oxygen atoms in total. The van der Waals surface area contributed by atoms with Gasteiger partial charge in [0.15, 0.2) is 0 Å². The van der Waals surface area contributed by atoms with E-state index in [1.54, 1.807) is 0 Å². The molecule has 0 aromatic rings. The van der Waals surface area contributed by atoms with Crippen molar-refractivity contribution < 1.29 is 50.3 Å². The van der Waals surface area contributed by atoms with Gasteiger partial charge in [0.1, 0.15) is 0 Å². The topological polar surface area (TPSA) is 0 Å². The molecule has 0 aromatic carbocycles. The molecule has 0 heterocycles. The van der Waals surface area contributed by atoms with Crippen molar-refractivity contribution in [1.82, 2.24) is 0 Å². The molecule has 0 amide bonds. The smallest absolute Gasteiger partial charge is 0 e. The normalized spacial score (nSPS) is 0. The maximum Gasteiger partial charge on any atom is 0 e. The van der Waals surface area contributed by atoms with Gasteiger partial charge in [-0.1, -0.05) is 0 Å². The zero-order valence-electron chi connectivity index (χ0n) is 3.03. The Kier molecular flexibility index (Phi) is 232. The molecule has 0 fully saturated rings. The molecule has 0 rings (SSSR count). The Balaban J connectivity index is 0. The van der Waals surface area contributed by atoms with Crippen molar-refractivity contribution in [3.8, 4) is 0 Å². The molecule has 0 spiro atoms. The number of hydrogen-bond donors (Lipinski definition) is 0. The summed E-state index contributed by atoms with van der Waals surface area (Å²) in [4.78, 5) is 0. The minimum Gasteiger partial charge on any atom is 0 e. The molecule has 5 heavy (non-hydrogen) atoms. The van der Waals surface area contributed by atoms with Crippen LogP contribution in [0.2, 0.25) is 0 Å². The predicted octanol–water partition coefficient (Wildman–Crippen LogP) is -0.769. The van der Waals surface area contributed by atoms with Crippen LogP contribution in [-0.4, -0.2) is 48.4 Å². The zero-order chi connectivity index (χ0) is 0. The average Bonchev–Trinajstić information content (AvgIpc) is 0. The summed E-state index contributed by atoms with van der Waals surface area (Å²) in [5.74, 6) is 0. The van der Waals surface area contributed by atoms with Crippen molar-refractivity contribution in [2.75, 3.05) is 0 Å². The third-order valence-corrected chi connectivity index (χ3v) is 0. The van der Waals surface area contributed by atoms with Crippen LogP contribution in [-0.2, 0) is 50.3 Å². The van der Waals surface area contributed by atoms with E-state index in [0.717, 1.165) is 0 Å². The first kappa shape index (κ1) is 42.3. The van der Waals surface area contributed by atoms with Crippen LogP contribution in [0.25, 0.3) is 0 Å². The molecular formula is CoLiMnNaNi. The third-order valence-electron chi connectivity index (χ3n) is 0. The van der Waals surface area contributed by atoms with Crippen molar-refractivity contribution in [2.45, 2.75) is 0 Å². The Morgan fingerprint density at radius 2 is 1.00 bits per heavy atom. The van der Waals surface area contributed by atoms with E-state index in [9.17, 15) is 0 Å². The Morgan fingerprint density at radius 1 is 1.00 bits per heavy atom. The van der Waals surface area contributed by atoms with E-state index in [-0.39, 0.29) is 98.8 Å². The molecule has 5 heteroatoms. The quantitative estimate of drug-likeness (QED) is 0.453. The Morgan fingerprint density at radius 3 is 1.00 bits per heavy atom. The molecule has 0 bridgehead atoms. The van der Waals surface area contributed by atoms with Crippen LogP contribution in [0.15, 0.2) is 0 Å². The fourth-order valence-electron chi connectivity index (χ4n) is 0. The van der Waals surface area contributed by atoms with Gasteiger partial charge in [0.05, 0.1) is 0 Å². The molecule has 0 N–H and O–H groups in total. The van der Waals surface area contributed by atoms with Crippen molar-refractivity contribution in [3.05, 3.63) is 0 Å². The monoisotopic (exact) mass is 202 g/mol. The fraction of sp³-hybridized carbons (Fsp3) is 0. The molecule has 0 aliphatic heterocycles. The number of rotatable bonds is 0. The summed E-state index contributed by atoms with van der Waals surface area (Å²) < 4.78 is 0. The van der Waals surface area contributed by atoms with Gasteiger partial charge in [0.25, 0.3) is 0 Å². The van der Waals surface area contributed by atoms with Gasteiger partial charge in [0, 0.05) is 98.8 Å². The average molecular weight is 202 g/mol. The summed E-state index contributed by atoms with van der Waals surface area (Å²) in [6.45, 7) is 0. The molecule has 0 aromatic heterocycles. The van der Waals surface area contributed by atoms with Gasteiger partial charge in [-0.25, -0.2) is 0 Å². The second kappa shape index (κ2) is 27.4. The van der Waals surface area contributed by atoms with Crippen molar-refractivity contribution in [3.63, 3.8) is 0 Å². The molecular weight excluding hydrogens is 202 g/mol. The van der Waals surface area contributed by atoms with Crippen LogP contribution in [0.1, 0.15) is 0 Å². The molecule has 0 atom stereocenters. The molecule has 0 aliphatic rings. The van der Waals surface area contributed by atoms with E-state index in [2.05, 4.69) is 0 Å². The minimum absolute atomic E-state index is 0. The molecule has 0 unspecified atom stereocenters. The maximum absolute atomic E-state index is 0. The SMILES string of the molecule is [Co].[Li].[Mn].[Na].[Ni]. The van der Waals surface area contributed by atoms with Gasteiger partial charge in [-0.3, -0.25) is 0 Å². The summed E-state index contributed by atoms with van der Waals surface area (Å²) >= 11 is 0. The second-order valence-electron chi connectivity index (χ2n) is 0. The standard InChI is InChI=1S/Co.Li.Mn.Na.Ni. The molecule has 0 aliphatic carbocycles. The van der Waals surface area contributed by atoms with Gasteiger partial charge in [0.2, 0.25) is 0 Å². The van der Waals surface area contributed by atoms with Crippen LogP contribution in [0, 0.1) is 0 Å². The van der Waals surface area contributed by atoms with Crippen LogP contribution < -0.4 is 0 Å². The van der Waals surface area contributed by atoms with Gasteiger partial charge < -0.3 is 0 Å². The van der Waals surface area contributed by atoms with Crippen LogP contribution >= 0.6 is 0 Å². The molecule has 0 saturated carbocycles. The van der Waals surface area contributed by atoms with Crippen LogP contribution in [0.5, 0.6) is 0 Å². The second-order valence-corrected chi connectivity index (χ2v) is 0. The van der Waals surface area contributed by atoms with Crippen LogP contribution in [0.4, 0.5) is 0 Å². The van der Waals surface area contributed by atoms with E-state index < -0.39 is 0 Å². The van der Waals surface area contributed by atoms with Gasteiger partial charge in [-0.05, 0) is 0 Å². The Bertz CT molecular complexity index is 11.6. The van der Waals surface area contributed by atoms with E-state index in [0.29, 0.717) is 0 Å². The predicted molar refractivity (Wildman–Crippen MR) is 11.5 cm³/mol. The Labute approximate surface area is 97.0 Å². The van der Waals surface area contributed by atoms with Crippen LogP contribution in [0.3, 0.4) is 0 Å². The van der Waals surface area contributed by atoms with E-state index >= 15 is 0 Å². The summed E-state index contributed by atoms with van der Waals surface area (Å²) in [5, 5.41) is 0. The van der Waals surface area contributed by atoms with Crippen molar-refractivity contribution in [2.24, 2.45) is 0 Å². The maximum atomic E-state index is 0. The largest absolute Gasteiger partial charge is 0 e. The van der Waals surface area contributed by atoms with E-state index in [1.807, 2.05) is 0 Å². The van der Waals surface area contributed by atoms with Gasteiger partial charge in [-0.2, -0.15) is 0 Å². The van der Waals surface area contributed by atoms with E-state index in [1.165, 1.54) is 0 Å². The summed E-state index contributed by atoms with van der Waals surface area (Å²) in [6, 6.07) is 0. The first-order chi connectivity index (χ1) is 0. The Hall–Kier alpha value is 3.12. The molecule has 4 radical (unpaired) electrons. The molecule has 28 valence electrons. The van der Waals surface area contributed by atoms with Gasteiger partial charge >= 0.3 is 0 Å². The summed E-state index contributed by atoms with van der Waals surface area (Å²) in [5.41, 5.74) is 0. The van der Waals surface area contributed by atoms with Crippen molar-refractivity contribution in [1.29, 1.82) is 0 Å². The third kappa shape index (κ3) is 19.2. The van der Waals surface area contributed by atoms with Crippen molar-refractivity contribution >= 4 is 48.4 Å².